The van der Waals surface area contributed by atoms with Crippen LogP contribution >= 0.6 is 27.5 Å². The molecule has 6 heteroatoms. The van der Waals surface area contributed by atoms with Gasteiger partial charge in [0.1, 0.15) is 5.84 Å². The molecule has 19 heavy (non-hydrogen) atoms. The molecule has 0 heterocycles. The van der Waals surface area contributed by atoms with Gasteiger partial charge in [-0.25, -0.2) is 0 Å². The second-order valence-corrected chi connectivity index (χ2v) is 6.29. The number of hydrogen-bond acceptors (Lipinski definition) is 3. The first-order valence-corrected chi connectivity index (χ1v) is 7.21. The van der Waals surface area contributed by atoms with Crippen LogP contribution in [0.4, 0.5) is 5.69 Å². The maximum Gasteiger partial charge on any atom is 0.144 e. The number of nitrogens with zero attached hydrogens (tertiary/aromatic N) is 1. The molecule has 1 aromatic carbocycles. The molecule has 0 saturated carbocycles. The molecule has 0 saturated heterocycles. The summed E-state index contributed by atoms with van der Waals surface area (Å²) in [6.07, 6.45) is 1.76. The highest BCUT2D eigenvalue weighted by Gasteiger charge is 2.22. The number of anilines is 1. The first-order chi connectivity index (χ1) is 8.86. The third kappa shape index (κ3) is 4.91. The van der Waals surface area contributed by atoms with Gasteiger partial charge in [0.05, 0.1) is 5.02 Å². The van der Waals surface area contributed by atoms with Crippen LogP contribution in [0.1, 0.15) is 26.7 Å². The van der Waals surface area contributed by atoms with Crippen LogP contribution in [0.3, 0.4) is 0 Å². The molecule has 0 amide bonds. The molecule has 0 unspecified atom stereocenters. The molecule has 0 atom stereocenters. The number of nitrogens with one attached hydrogen (secondary N) is 1. The Labute approximate surface area is 127 Å². The average molecular weight is 349 g/mol. The van der Waals surface area contributed by atoms with Crippen LogP contribution in [0.15, 0.2) is 27.8 Å². The molecule has 4 N–H and O–H groups in total. The van der Waals surface area contributed by atoms with Crippen molar-refractivity contribution in [1.29, 1.82) is 0 Å². The van der Waals surface area contributed by atoms with E-state index in [-0.39, 0.29) is 11.3 Å². The predicted octanol–water partition coefficient (Wildman–Crippen LogP) is 4.07. The molecule has 106 valence electrons. The van der Waals surface area contributed by atoms with Crippen molar-refractivity contribution >= 4 is 39.1 Å². The van der Waals surface area contributed by atoms with Gasteiger partial charge in [-0.3, -0.25) is 0 Å². The second kappa shape index (κ2) is 7.01. The minimum Gasteiger partial charge on any atom is -0.409 e. The molecule has 0 fully saturated rings. The molecule has 0 aliphatic heterocycles. The predicted molar refractivity (Wildman–Crippen MR) is 84.1 cm³/mol. The summed E-state index contributed by atoms with van der Waals surface area (Å²) in [7, 11) is 0. The number of oxime groups is 1. The molecular formula is C13H19BrClN3O. The minimum absolute atomic E-state index is 0.265. The smallest absolute Gasteiger partial charge is 0.144 e. The minimum atomic E-state index is -0.295. The van der Waals surface area contributed by atoms with E-state index in [4.69, 9.17) is 22.5 Å². The van der Waals surface area contributed by atoms with Crippen LogP contribution in [0.2, 0.25) is 5.02 Å². The van der Waals surface area contributed by atoms with Crippen LogP contribution in [0, 0.1) is 5.41 Å². The average Bonchev–Trinajstić information content (AvgIpc) is 2.37. The topological polar surface area (TPSA) is 70.6 Å². The van der Waals surface area contributed by atoms with Crippen molar-refractivity contribution in [2.24, 2.45) is 16.3 Å². The van der Waals surface area contributed by atoms with E-state index in [1.54, 1.807) is 0 Å². The van der Waals surface area contributed by atoms with Gasteiger partial charge in [0.15, 0.2) is 0 Å². The molecule has 0 radical (unpaired) electrons. The summed E-state index contributed by atoms with van der Waals surface area (Å²) in [5.41, 5.74) is 6.36. The van der Waals surface area contributed by atoms with Crippen LogP contribution in [0.25, 0.3) is 0 Å². The number of hydrogen-bond donors (Lipinski definition) is 3. The fourth-order valence-electron chi connectivity index (χ4n) is 1.63. The molecule has 0 aliphatic carbocycles. The van der Waals surface area contributed by atoms with Gasteiger partial charge >= 0.3 is 0 Å². The summed E-state index contributed by atoms with van der Waals surface area (Å²) in [4.78, 5) is 0. The lowest BCUT2D eigenvalue weighted by Crippen LogP contribution is -2.32. The van der Waals surface area contributed by atoms with E-state index in [0.29, 0.717) is 5.02 Å². The number of halogens is 2. The van der Waals surface area contributed by atoms with Crippen molar-refractivity contribution in [1.82, 2.24) is 0 Å². The van der Waals surface area contributed by atoms with Gasteiger partial charge in [-0.2, -0.15) is 0 Å². The lowest BCUT2D eigenvalue weighted by molar-refractivity contribution is 0.305. The maximum atomic E-state index is 8.69. The number of benzene rings is 1. The van der Waals surface area contributed by atoms with Crippen LogP contribution in [0.5, 0.6) is 0 Å². The molecule has 0 bridgehead atoms. The Kier molecular flexibility index (Phi) is 5.94. The zero-order valence-corrected chi connectivity index (χ0v) is 13.4. The van der Waals surface area contributed by atoms with Crippen molar-refractivity contribution < 1.29 is 5.21 Å². The van der Waals surface area contributed by atoms with E-state index in [1.165, 1.54) is 0 Å². The van der Waals surface area contributed by atoms with E-state index < -0.39 is 0 Å². The quantitative estimate of drug-likeness (QED) is 0.239. The summed E-state index contributed by atoms with van der Waals surface area (Å²) in [5.74, 6) is 0.265. The monoisotopic (exact) mass is 347 g/mol. The first kappa shape index (κ1) is 16.1. The maximum absolute atomic E-state index is 8.69. The van der Waals surface area contributed by atoms with Gasteiger partial charge in [0.25, 0.3) is 0 Å². The summed E-state index contributed by atoms with van der Waals surface area (Å²) < 4.78 is 0.871. The third-order valence-corrected chi connectivity index (χ3v) is 4.24. The highest BCUT2D eigenvalue weighted by molar-refractivity contribution is 9.10. The van der Waals surface area contributed by atoms with Crippen molar-refractivity contribution in [3.05, 3.63) is 27.7 Å². The Morgan fingerprint density at radius 2 is 2.21 bits per heavy atom. The van der Waals surface area contributed by atoms with E-state index in [0.717, 1.165) is 29.5 Å². The van der Waals surface area contributed by atoms with Crippen LogP contribution in [-0.2, 0) is 0 Å². The lowest BCUT2D eigenvalue weighted by atomic mass is 9.86. The molecule has 0 aliphatic rings. The van der Waals surface area contributed by atoms with Crippen molar-refractivity contribution in [3.8, 4) is 0 Å². The summed E-state index contributed by atoms with van der Waals surface area (Å²) >= 11 is 9.31. The molecule has 0 aromatic heterocycles. The summed E-state index contributed by atoms with van der Waals surface area (Å²) in [6.45, 7) is 4.73. The van der Waals surface area contributed by atoms with Crippen LogP contribution in [-0.4, -0.2) is 17.6 Å². The largest absolute Gasteiger partial charge is 0.409 e. The highest BCUT2D eigenvalue weighted by atomic mass is 79.9. The Morgan fingerprint density at radius 3 is 2.79 bits per heavy atom. The Hall–Kier alpha value is -0.940. The van der Waals surface area contributed by atoms with Gasteiger partial charge < -0.3 is 16.3 Å². The lowest BCUT2D eigenvalue weighted by Gasteiger charge is -2.22. The van der Waals surface area contributed by atoms with Crippen LogP contribution < -0.4 is 11.1 Å². The van der Waals surface area contributed by atoms with Gasteiger partial charge in [0, 0.05) is 22.1 Å². The molecule has 1 aromatic rings. The zero-order chi connectivity index (χ0) is 14.5. The molecule has 4 nitrogen and oxygen atoms in total. The summed E-state index contributed by atoms with van der Waals surface area (Å²) in [5, 5.41) is 15.8. The molecular weight excluding hydrogens is 330 g/mol. The molecule has 1 rings (SSSR count). The number of nitrogens with two attached hydrogens (primary N) is 1. The van der Waals surface area contributed by atoms with E-state index in [1.807, 2.05) is 32.0 Å². The Morgan fingerprint density at radius 1 is 1.53 bits per heavy atom. The third-order valence-electron chi connectivity index (χ3n) is 3.03. The Bertz CT molecular complexity index is 463. The van der Waals surface area contributed by atoms with Gasteiger partial charge in [-0.15, -0.1) is 0 Å². The molecule has 0 spiro atoms. The van der Waals surface area contributed by atoms with Crippen molar-refractivity contribution in [2.75, 3.05) is 11.9 Å². The van der Waals surface area contributed by atoms with Crippen molar-refractivity contribution in [3.63, 3.8) is 0 Å². The SMILES string of the molecule is CC(C)(CCCNc1ccc(Cl)c(Br)c1)C(N)=NO. The van der Waals surface area contributed by atoms with Gasteiger partial charge in [0.2, 0.25) is 0 Å². The second-order valence-electron chi connectivity index (χ2n) is 5.03. The fourth-order valence-corrected chi connectivity index (χ4v) is 2.13. The van der Waals surface area contributed by atoms with E-state index >= 15 is 0 Å². The normalized spacial score (nSPS) is 12.5. The standard InChI is InChI=1S/C13H19BrClN3O/c1-13(2,12(16)18-19)6-3-7-17-9-4-5-11(15)10(14)8-9/h4-5,8,17,19H,3,6-7H2,1-2H3,(H2,16,18). The van der Waals surface area contributed by atoms with Crippen molar-refractivity contribution in [2.45, 2.75) is 26.7 Å². The Balaban J connectivity index is 2.41. The number of rotatable bonds is 6. The zero-order valence-electron chi connectivity index (χ0n) is 11.1. The fraction of sp³-hybridized carbons (Fsp3) is 0.462. The van der Waals surface area contributed by atoms with Gasteiger partial charge in [-0.1, -0.05) is 30.6 Å². The van der Waals surface area contributed by atoms with E-state index in [2.05, 4.69) is 26.4 Å². The highest BCUT2D eigenvalue weighted by Crippen LogP contribution is 2.26. The number of amidine groups is 1. The first-order valence-electron chi connectivity index (χ1n) is 6.04. The van der Waals surface area contributed by atoms with Gasteiger partial charge in [-0.05, 0) is 47.0 Å². The van der Waals surface area contributed by atoms with E-state index in [9.17, 15) is 0 Å². The summed E-state index contributed by atoms with van der Waals surface area (Å²) in [6, 6.07) is 5.72.